The first-order valence-corrected chi connectivity index (χ1v) is 8.98. The highest BCUT2D eigenvalue weighted by molar-refractivity contribution is 7.15. The predicted molar refractivity (Wildman–Crippen MR) is 98.8 cm³/mol. The first kappa shape index (κ1) is 18.6. The minimum atomic E-state index is -0.632. The Labute approximate surface area is 158 Å². The molecule has 1 amide bonds. The number of para-hydroxylation sites is 1. The molecule has 0 unspecified atom stereocenters. The van der Waals surface area contributed by atoms with Crippen LogP contribution in [0.2, 0.25) is 0 Å². The molecule has 27 heavy (non-hydrogen) atoms. The van der Waals surface area contributed by atoms with E-state index in [0.717, 1.165) is 5.69 Å². The van der Waals surface area contributed by atoms with Crippen molar-refractivity contribution >= 4 is 28.2 Å². The highest BCUT2D eigenvalue weighted by Crippen LogP contribution is 2.11. The number of carbonyl (C=O) groups excluding carboxylic acids is 2. The minimum absolute atomic E-state index is 0.141. The van der Waals surface area contributed by atoms with Gasteiger partial charge in [0.05, 0.1) is 5.69 Å². The molecule has 2 aromatic heterocycles. The standard InChI is InChI=1S/C18H17N3O5S/c1-12-11-27-18-20-13(7-16(23)21(12)18)9-26-17(24)8-19-15(22)10-25-14-5-3-2-4-6-14/h2-7,11H,8-10H2,1H3,(H,19,22). The summed E-state index contributed by atoms with van der Waals surface area (Å²) in [6, 6.07) is 10.2. The summed E-state index contributed by atoms with van der Waals surface area (Å²) in [5.74, 6) is -0.512. The Balaban J connectivity index is 1.44. The molecule has 3 aromatic rings. The first-order chi connectivity index (χ1) is 13.0. The van der Waals surface area contributed by atoms with Crippen molar-refractivity contribution in [2.75, 3.05) is 13.2 Å². The number of aromatic nitrogens is 2. The van der Waals surface area contributed by atoms with Crippen LogP contribution in [-0.4, -0.2) is 34.4 Å². The summed E-state index contributed by atoms with van der Waals surface area (Å²) in [6.45, 7) is 1.18. The fraction of sp³-hybridized carbons (Fsp3) is 0.222. The molecule has 0 spiro atoms. The monoisotopic (exact) mass is 387 g/mol. The summed E-state index contributed by atoms with van der Waals surface area (Å²) in [5.41, 5.74) is 0.932. The Morgan fingerprint density at radius 3 is 2.81 bits per heavy atom. The maximum Gasteiger partial charge on any atom is 0.325 e. The van der Waals surface area contributed by atoms with Gasteiger partial charge in [-0.25, -0.2) is 4.98 Å². The molecule has 0 atom stereocenters. The third kappa shape index (κ3) is 4.91. The van der Waals surface area contributed by atoms with Gasteiger partial charge in [0.1, 0.15) is 18.9 Å². The van der Waals surface area contributed by atoms with Gasteiger partial charge in [-0.1, -0.05) is 18.2 Å². The van der Waals surface area contributed by atoms with Gasteiger partial charge in [0, 0.05) is 17.1 Å². The second kappa shape index (κ2) is 8.45. The number of amides is 1. The quantitative estimate of drug-likeness (QED) is 0.614. The maximum atomic E-state index is 12.0. The van der Waals surface area contributed by atoms with Crippen molar-refractivity contribution in [3.05, 3.63) is 63.5 Å². The molecule has 140 valence electrons. The molecular formula is C18H17N3O5S. The molecule has 0 fully saturated rings. The molecule has 1 N–H and O–H groups in total. The van der Waals surface area contributed by atoms with E-state index >= 15 is 0 Å². The van der Waals surface area contributed by atoms with Crippen LogP contribution in [0.4, 0.5) is 0 Å². The zero-order valence-corrected chi connectivity index (χ0v) is 15.3. The minimum Gasteiger partial charge on any atom is -0.484 e. The Morgan fingerprint density at radius 1 is 1.26 bits per heavy atom. The number of thiazole rings is 1. The topological polar surface area (TPSA) is 99.0 Å². The zero-order valence-electron chi connectivity index (χ0n) is 14.5. The van der Waals surface area contributed by atoms with Crippen molar-refractivity contribution < 1.29 is 19.1 Å². The lowest BCUT2D eigenvalue weighted by atomic mass is 10.3. The highest BCUT2D eigenvalue weighted by atomic mass is 32.1. The van der Waals surface area contributed by atoms with E-state index in [-0.39, 0.29) is 25.3 Å². The van der Waals surface area contributed by atoms with Gasteiger partial charge >= 0.3 is 5.97 Å². The van der Waals surface area contributed by atoms with Gasteiger partial charge in [-0.2, -0.15) is 0 Å². The number of carbonyl (C=O) groups is 2. The van der Waals surface area contributed by atoms with Crippen molar-refractivity contribution in [1.29, 1.82) is 0 Å². The summed E-state index contributed by atoms with van der Waals surface area (Å²) >= 11 is 1.33. The van der Waals surface area contributed by atoms with Crippen LogP contribution in [0.25, 0.3) is 4.96 Å². The van der Waals surface area contributed by atoms with Crippen molar-refractivity contribution in [1.82, 2.24) is 14.7 Å². The number of aryl methyl sites for hydroxylation is 1. The lowest BCUT2D eigenvalue weighted by Gasteiger charge is -2.08. The summed E-state index contributed by atoms with van der Waals surface area (Å²) in [5, 5.41) is 4.24. The van der Waals surface area contributed by atoms with E-state index in [1.807, 2.05) is 18.4 Å². The van der Waals surface area contributed by atoms with Crippen molar-refractivity contribution in [3.8, 4) is 5.75 Å². The fourth-order valence-corrected chi connectivity index (χ4v) is 3.16. The number of benzene rings is 1. The fourth-order valence-electron chi connectivity index (χ4n) is 2.27. The number of fused-ring (bicyclic) bond motifs is 1. The van der Waals surface area contributed by atoms with Crippen LogP contribution in [0, 0.1) is 6.92 Å². The molecule has 9 heteroatoms. The molecule has 3 rings (SSSR count). The summed E-state index contributed by atoms with van der Waals surface area (Å²) < 4.78 is 11.8. The molecular weight excluding hydrogens is 370 g/mol. The lowest BCUT2D eigenvalue weighted by molar-refractivity contribution is -0.145. The van der Waals surface area contributed by atoms with E-state index in [0.29, 0.717) is 16.4 Å². The molecule has 0 bridgehead atoms. The van der Waals surface area contributed by atoms with Crippen molar-refractivity contribution in [2.45, 2.75) is 13.5 Å². The average molecular weight is 387 g/mol. The number of ether oxygens (including phenoxy) is 2. The van der Waals surface area contributed by atoms with Crippen molar-refractivity contribution in [3.63, 3.8) is 0 Å². The van der Waals surface area contributed by atoms with E-state index in [1.54, 1.807) is 24.3 Å². The van der Waals surface area contributed by atoms with Gasteiger partial charge in [0.2, 0.25) is 0 Å². The third-order valence-corrected chi connectivity index (χ3v) is 4.50. The number of hydrogen-bond acceptors (Lipinski definition) is 7. The van der Waals surface area contributed by atoms with Crippen LogP contribution in [0.15, 0.2) is 46.6 Å². The van der Waals surface area contributed by atoms with Crippen LogP contribution in [-0.2, 0) is 20.9 Å². The molecule has 0 radical (unpaired) electrons. The smallest absolute Gasteiger partial charge is 0.325 e. The third-order valence-electron chi connectivity index (χ3n) is 3.55. The van der Waals surface area contributed by atoms with E-state index in [9.17, 15) is 14.4 Å². The number of nitrogens with zero attached hydrogens (tertiary/aromatic N) is 2. The van der Waals surface area contributed by atoms with Gasteiger partial charge in [-0.3, -0.25) is 18.8 Å². The van der Waals surface area contributed by atoms with E-state index in [4.69, 9.17) is 9.47 Å². The first-order valence-electron chi connectivity index (χ1n) is 8.10. The Morgan fingerprint density at radius 2 is 2.04 bits per heavy atom. The molecule has 8 nitrogen and oxygen atoms in total. The maximum absolute atomic E-state index is 12.0. The predicted octanol–water partition coefficient (Wildman–Crippen LogP) is 1.30. The van der Waals surface area contributed by atoms with Crippen LogP contribution in [0.3, 0.4) is 0 Å². The Bertz CT molecular complexity index is 1010. The second-order valence-corrected chi connectivity index (χ2v) is 6.46. The van der Waals surface area contributed by atoms with Gasteiger partial charge in [-0.15, -0.1) is 11.3 Å². The van der Waals surface area contributed by atoms with E-state index in [1.165, 1.54) is 21.8 Å². The lowest BCUT2D eigenvalue weighted by Crippen LogP contribution is -2.34. The molecule has 0 saturated carbocycles. The van der Waals surface area contributed by atoms with Crippen LogP contribution in [0.1, 0.15) is 11.4 Å². The second-order valence-electron chi connectivity index (χ2n) is 5.62. The SMILES string of the molecule is Cc1csc2nc(COC(=O)CNC(=O)COc3ccccc3)cc(=O)n12. The zero-order chi connectivity index (χ0) is 19.2. The van der Waals surface area contributed by atoms with Crippen LogP contribution >= 0.6 is 11.3 Å². The average Bonchev–Trinajstić information content (AvgIpc) is 3.05. The molecule has 0 aliphatic rings. The molecule has 0 saturated heterocycles. The number of nitrogens with one attached hydrogen (secondary N) is 1. The van der Waals surface area contributed by atoms with Gasteiger partial charge < -0.3 is 14.8 Å². The molecule has 0 aliphatic heterocycles. The van der Waals surface area contributed by atoms with E-state index in [2.05, 4.69) is 10.3 Å². The van der Waals surface area contributed by atoms with Crippen molar-refractivity contribution in [2.24, 2.45) is 0 Å². The van der Waals surface area contributed by atoms with Crippen LogP contribution in [0.5, 0.6) is 5.75 Å². The number of hydrogen-bond donors (Lipinski definition) is 1. The Kier molecular flexibility index (Phi) is 5.82. The molecule has 0 aliphatic carbocycles. The van der Waals surface area contributed by atoms with Crippen LogP contribution < -0.4 is 15.6 Å². The normalized spacial score (nSPS) is 10.6. The van der Waals surface area contributed by atoms with E-state index < -0.39 is 11.9 Å². The summed E-state index contributed by atoms with van der Waals surface area (Å²) in [7, 11) is 0. The van der Waals surface area contributed by atoms with Gasteiger partial charge in [-0.05, 0) is 19.1 Å². The number of rotatable bonds is 7. The number of esters is 1. The largest absolute Gasteiger partial charge is 0.484 e. The summed E-state index contributed by atoms with van der Waals surface area (Å²) in [4.78, 5) is 40.3. The Hall–Kier alpha value is -3.20. The highest BCUT2D eigenvalue weighted by Gasteiger charge is 2.10. The summed E-state index contributed by atoms with van der Waals surface area (Å²) in [6.07, 6.45) is 0. The molecule has 2 heterocycles. The van der Waals surface area contributed by atoms with Gasteiger partial charge in [0.15, 0.2) is 11.6 Å². The molecule has 1 aromatic carbocycles. The van der Waals surface area contributed by atoms with Gasteiger partial charge in [0.25, 0.3) is 11.5 Å².